The molecule has 0 saturated carbocycles. The minimum Gasteiger partial charge on any atom is -0.710 e. The highest BCUT2D eigenvalue weighted by molar-refractivity contribution is 5.67. The number of nitrogens with zero attached hydrogens (tertiary/aromatic N) is 2. The first-order valence-electron chi connectivity index (χ1n) is 9.65. The van der Waals surface area contributed by atoms with E-state index in [2.05, 4.69) is 4.98 Å². The fourth-order valence-electron chi connectivity index (χ4n) is 3.26. The molecule has 1 aromatic heterocycles. The Morgan fingerprint density at radius 1 is 0.900 bits per heavy atom. The number of aromatic nitrogens is 2. The molecular weight excluding hydrogens is 376 g/mol. The number of ether oxygens (including phenoxy) is 2. The summed E-state index contributed by atoms with van der Waals surface area (Å²) in [6.07, 6.45) is 1.29. The van der Waals surface area contributed by atoms with Crippen LogP contribution in [0, 0.1) is 12.1 Å². The van der Waals surface area contributed by atoms with Gasteiger partial charge in [-0.15, -0.1) is 0 Å². The third-order valence-corrected chi connectivity index (χ3v) is 4.89. The predicted molar refractivity (Wildman–Crippen MR) is 116 cm³/mol. The topological polar surface area (TPSA) is 58.3 Å². The second-order valence-corrected chi connectivity index (χ2v) is 6.97. The van der Waals surface area contributed by atoms with Crippen molar-refractivity contribution in [1.29, 1.82) is 0 Å². The van der Waals surface area contributed by atoms with E-state index in [0.29, 0.717) is 18.1 Å². The van der Waals surface area contributed by atoms with Crippen LogP contribution in [0.3, 0.4) is 0 Å². The number of benzene rings is 3. The lowest BCUT2D eigenvalue weighted by Gasteiger charge is -2.12. The van der Waals surface area contributed by atoms with Crippen molar-refractivity contribution in [2.45, 2.75) is 13.5 Å². The van der Waals surface area contributed by atoms with Gasteiger partial charge in [0.1, 0.15) is 23.8 Å². The fourth-order valence-corrected chi connectivity index (χ4v) is 3.26. The van der Waals surface area contributed by atoms with Crippen LogP contribution in [0.15, 0.2) is 85.2 Å². The van der Waals surface area contributed by atoms with Gasteiger partial charge in [0, 0.05) is 17.2 Å². The Bertz CT molecular complexity index is 1160. The molecule has 0 aliphatic carbocycles. The molecule has 3 aromatic carbocycles. The van der Waals surface area contributed by atoms with Crippen LogP contribution < -0.4 is 14.2 Å². The highest BCUT2D eigenvalue weighted by atomic mass is 16.5. The van der Waals surface area contributed by atoms with Gasteiger partial charge < -0.3 is 14.7 Å². The van der Waals surface area contributed by atoms with E-state index < -0.39 is 0 Å². The van der Waals surface area contributed by atoms with Crippen LogP contribution in [-0.4, -0.2) is 12.1 Å². The van der Waals surface area contributed by atoms with Crippen molar-refractivity contribution < 1.29 is 14.2 Å². The number of hydrogen-bond acceptors (Lipinski definition) is 4. The molecule has 0 spiro atoms. The van der Waals surface area contributed by atoms with Gasteiger partial charge in [0.05, 0.1) is 7.11 Å². The summed E-state index contributed by atoms with van der Waals surface area (Å²) in [7, 11) is 1.60. The van der Waals surface area contributed by atoms with Crippen molar-refractivity contribution >= 4 is 0 Å². The SMILES string of the molecule is COc1cccc(-c2cc(-c3ccc(OCc4ccccc4)c(C)c3)nc[n+]2[O-])c1. The van der Waals surface area contributed by atoms with Gasteiger partial charge in [-0.25, -0.2) is 4.73 Å². The molecule has 4 aromatic rings. The van der Waals surface area contributed by atoms with Crippen LogP contribution >= 0.6 is 0 Å². The summed E-state index contributed by atoms with van der Waals surface area (Å²) in [5, 5.41) is 12.3. The highest BCUT2D eigenvalue weighted by Crippen LogP contribution is 2.28. The molecule has 0 bridgehead atoms. The van der Waals surface area contributed by atoms with Gasteiger partial charge in [-0.3, -0.25) is 0 Å². The summed E-state index contributed by atoms with van der Waals surface area (Å²) in [5.74, 6) is 1.52. The molecule has 1 heterocycles. The maximum atomic E-state index is 12.3. The minimum atomic E-state index is 0.515. The lowest BCUT2D eigenvalue weighted by atomic mass is 10.0. The molecule has 0 aliphatic heterocycles. The first-order valence-corrected chi connectivity index (χ1v) is 9.65. The van der Waals surface area contributed by atoms with Crippen LogP contribution in [-0.2, 0) is 6.61 Å². The maximum absolute atomic E-state index is 12.3. The summed E-state index contributed by atoms with van der Waals surface area (Å²) in [6.45, 7) is 2.52. The Balaban J connectivity index is 1.60. The van der Waals surface area contributed by atoms with Crippen LogP contribution in [0.2, 0.25) is 0 Å². The Morgan fingerprint density at radius 3 is 2.50 bits per heavy atom. The summed E-state index contributed by atoms with van der Waals surface area (Å²) in [6, 6.07) is 25.2. The van der Waals surface area contributed by atoms with Crippen molar-refractivity contribution in [2.75, 3.05) is 7.11 Å². The van der Waals surface area contributed by atoms with Crippen molar-refractivity contribution in [1.82, 2.24) is 4.98 Å². The lowest BCUT2D eigenvalue weighted by molar-refractivity contribution is -0.597. The van der Waals surface area contributed by atoms with Crippen LogP contribution in [0.25, 0.3) is 22.5 Å². The van der Waals surface area contributed by atoms with E-state index in [1.165, 1.54) is 6.33 Å². The number of rotatable bonds is 6. The van der Waals surface area contributed by atoms with Gasteiger partial charge >= 0.3 is 0 Å². The van der Waals surface area contributed by atoms with Gasteiger partial charge in [-0.2, -0.15) is 0 Å². The molecule has 0 aliphatic rings. The van der Waals surface area contributed by atoms with E-state index in [0.717, 1.165) is 38.4 Å². The first kappa shape index (κ1) is 19.5. The molecule has 5 nitrogen and oxygen atoms in total. The van der Waals surface area contributed by atoms with Gasteiger partial charge in [0.25, 0.3) is 6.33 Å². The summed E-state index contributed by atoms with van der Waals surface area (Å²) in [4.78, 5) is 4.32. The average molecular weight is 398 g/mol. The largest absolute Gasteiger partial charge is 0.710 e. The first-order chi connectivity index (χ1) is 14.6. The molecule has 0 N–H and O–H groups in total. The Hall–Kier alpha value is -3.86. The number of methoxy groups -OCH3 is 1. The molecule has 150 valence electrons. The quantitative estimate of drug-likeness (QED) is 0.341. The molecule has 0 amide bonds. The molecule has 0 radical (unpaired) electrons. The van der Waals surface area contributed by atoms with Gasteiger partial charge in [-0.05, 0) is 53.4 Å². The zero-order valence-electron chi connectivity index (χ0n) is 16.9. The van der Waals surface area contributed by atoms with Crippen molar-refractivity contribution in [3.8, 4) is 34.0 Å². The smallest absolute Gasteiger partial charge is 0.290 e. The molecule has 0 atom stereocenters. The summed E-state index contributed by atoms with van der Waals surface area (Å²) >= 11 is 0. The second-order valence-electron chi connectivity index (χ2n) is 6.97. The third-order valence-electron chi connectivity index (χ3n) is 4.89. The van der Waals surface area contributed by atoms with Gasteiger partial charge in [0.15, 0.2) is 5.69 Å². The van der Waals surface area contributed by atoms with Crippen molar-refractivity contribution in [3.63, 3.8) is 0 Å². The molecule has 0 fully saturated rings. The average Bonchev–Trinajstić information content (AvgIpc) is 2.79. The molecule has 30 heavy (non-hydrogen) atoms. The maximum Gasteiger partial charge on any atom is 0.290 e. The summed E-state index contributed by atoms with van der Waals surface area (Å²) < 4.78 is 12.0. The molecular formula is C25H22N2O3. The zero-order chi connectivity index (χ0) is 20.9. The van der Waals surface area contributed by atoms with E-state index in [1.54, 1.807) is 13.2 Å². The van der Waals surface area contributed by atoms with Crippen molar-refractivity contribution in [3.05, 3.63) is 102 Å². The third kappa shape index (κ3) is 4.25. The number of hydrogen-bond donors (Lipinski definition) is 0. The molecule has 0 saturated heterocycles. The fraction of sp³-hybridized carbons (Fsp3) is 0.120. The molecule has 0 unspecified atom stereocenters. The number of aryl methyl sites for hydroxylation is 1. The van der Waals surface area contributed by atoms with E-state index in [1.807, 2.05) is 79.7 Å². The Labute approximate surface area is 175 Å². The zero-order valence-corrected chi connectivity index (χ0v) is 16.9. The van der Waals surface area contributed by atoms with E-state index >= 15 is 0 Å². The van der Waals surface area contributed by atoms with Crippen LogP contribution in [0.5, 0.6) is 11.5 Å². The van der Waals surface area contributed by atoms with Gasteiger partial charge in [-0.1, -0.05) is 42.5 Å². The molecule has 5 heteroatoms. The normalized spacial score (nSPS) is 10.6. The van der Waals surface area contributed by atoms with Gasteiger partial charge in [0.2, 0.25) is 0 Å². The van der Waals surface area contributed by atoms with Crippen LogP contribution in [0.1, 0.15) is 11.1 Å². The predicted octanol–water partition coefficient (Wildman–Crippen LogP) is 4.95. The monoisotopic (exact) mass is 398 g/mol. The van der Waals surface area contributed by atoms with Crippen LogP contribution in [0.4, 0.5) is 0 Å². The second kappa shape index (κ2) is 8.66. The van der Waals surface area contributed by atoms with E-state index in [4.69, 9.17) is 9.47 Å². The Kier molecular flexibility index (Phi) is 5.61. The lowest BCUT2D eigenvalue weighted by Crippen LogP contribution is -2.29. The Morgan fingerprint density at radius 2 is 1.73 bits per heavy atom. The van der Waals surface area contributed by atoms with E-state index in [9.17, 15) is 5.21 Å². The standard InChI is InChI=1S/C25H22N2O3/c1-18-13-20(11-12-25(18)30-16-19-7-4-3-5-8-19)23-15-24(27(28)17-26-23)21-9-6-10-22(14-21)29-2/h3-15,17H,16H2,1-2H3. The van der Waals surface area contributed by atoms with E-state index in [-0.39, 0.29) is 0 Å². The highest BCUT2D eigenvalue weighted by Gasteiger charge is 2.14. The summed E-state index contributed by atoms with van der Waals surface area (Å²) in [5.41, 5.74) is 5.05. The minimum absolute atomic E-state index is 0.515. The van der Waals surface area contributed by atoms with Crippen molar-refractivity contribution in [2.24, 2.45) is 0 Å². The molecule has 4 rings (SSSR count).